The number of hydrogen-bond donors (Lipinski definition) is 2. The summed E-state index contributed by atoms with van der Waals surface area (Å²) >= 11 is 0. The highest BCUT2D eigenvalue weighted by atomic mass is 19.1. The minimum atomic E-state index is -0.931. The van der Waals surface area contributed by atoms with E-state index in [1.54, 1.807) is 25.3 Å². The summed E-state index contributed by atoms with van der Waals surface area (Å²) in [5.74, 6) is 0.376. The number of rotatable bonds is 9. The Kier molecular flexibility index (Phi) is 7.00. The second kappa shape index (κ2) is 10.1. The third-order valence-electron chi connectivity index (χ3n) is 5.96. The number of aromatic nitrogens is 3. The number of nitrogens with one attached hydrogen (secondary N) is 1. The SMILES string of the molecule is COc1ccc(F)c2c1cc(C)n2CCNc1cc(-c2ccc(C(=O)O)c(CC(C)C)c2)ncn1. The van der Waals surface area contributed by atoms with Crippen LogP contribution >= 0.6 is 0 Å². The predicted octanol–water partition coefficient (Wildman–Crippen LogP) is 5.56. The largest absolute Gasteiger partial charge is 0.496 e. The Morgan fingerprint density at radius 1 is 1.17 bits per heavy atom. The van der Waals surface area contributed by atoms with Gasteiger partial charge in [0, 0.05) is 35.8 Å². The maximum absolute atomic E-state index is 14.6. The van der Waals surface area contributed by atoms with Crippen LogP contribution in [0.5, 0.6) is 5.75 Å². The molecule has 0 radical (unpaired) electrons. The molecule has 2 aromatic carbocycles. The number of aryl methyl sites for hydroxylation is 1. The van der Waals surface area contributed by atoms with E-state index in [9.17, 15) is 14.3 Å². The van der Waals surface area contributed by atoms with Gasteiger partial charge in [0.15, 0.2) is 0 Å². The van der Waals surface area contributed by atoms with Crippen molar-refractivity contribution in [2.45, 2.75) is 33.7 Å². The van der Waals surface area contributed by atoms with Crippen LogP contribution in [0.15, 0.2) is 48.8 Å². The molecular weight excluding hydrogens is 447 g/mol. The molecular formula is C27H29FN4O3. The Hall–Kier alpha value is -3.94. The maximum Gasteiger partial charge on any atom is 0.335 e. The van der Waals surface area contributed by atoms with Crippen molar-refractivity contribution in [2.24, 2.45) is 5.92 Å². The molecule has 0 atom stereocenters. The number of anilines is 1. The first-order valence-corrected chi connectivity index (χ1v) is 11.5. The van der Waals surface area contributed by atoms with E-state index in [0.29, 0.717) is 53.8 Å². The van der Waals surface area contributed by atoms with Gasteiger partial charge in [-0.2, -0.15) is 0 Å². The number of hydrogen-bond acceptors (Lipinski definition) is 5. The monoisotopic (exact) mass is 476 g/mol. The molecule has 2 aromatic heterocycles. The van der Waals surface area contributed by atoms with Gasteiger partial charge >= 0.3 is 5.97 Å². The van der Waals surface area contributed by atoms with Gasteiger partial charge in [0.05, 0.1) is 23.9 Å². The molecule has 8 heteroatoms. The quantitative estimate of drug-likeness (QED) is 0.329. The van der Waals surface area contributed by atoms with Gasteiger partial charge in [-0.05, 0) is 55.2 Å². The van der Waals surface area contributed by atoms with Crippen molar-refractivity contribution >= 4 is 22.7 Å². The summed E-state index contributed by atoms with van der Waals surface area (Å²) < 4.78 is 21.9. The van der Waals surface area contributed by atoms with Gasteiger partial charge < -0.3 is 19.7 Å². The third-order valence-corrected chi connectivity index (χ3v) is 5.96. The molecule has 0 fully saturated rings. The van der Waals surface area contributed by atoms with Crippen LogP contribution in [0.4, 0.5) is 10.2 Å². The fraction of sp³-hybridized carbons (Fsp3) is 0.296. The van der Waals surface area contributed by atoms with Gasteiger partial charge in [-0.25, -0.2) is 19.2 Å². The summed E-state index contributed by atoms with van der Waals surface area (Å²) in [6, 6.07) is 12.1. The molecule has 182 valence electrons. The third kappa shape index (κ3) is 5.11. The Morgan fingerprint density at radius 2 is 1.97 bits per heavy atom. The molecule has 2 N–H and O–H groups in total. The average molecular weight is 477 g/mol. The summed E-state index contributed by atoms with van der Waals surface area (Å²) in [6.45, 7) is 7.11. The fourth-order valence-corrected chi connectivity index (χ4v) is 4.38. The number of aromatic carboxylic acids is 1. The number of carboxylic acids is 1. The topological polar surface area (TPSA) is 89.3 Å². The Labute approximate surface area is 203 Å². The average Bonchev–Trinajstić information content (AvgIpc) is 3.16. The normalized spacial score (nSPS) is 11.3. The lowest BCUT2D eigenvalue weighted by Crippen LogP contribution is -2.13. The summed E-state index contributed by atoms with van der Waals surface area (Å²) in [6.07, 6.45) is 2.14. The van der Waals surface area contributed by atoms with Crippen LogP contribution < -0.4 is 10.1 Å². The van der Waals surface area contributed by atoms with E-state index < -0.39 is 5.97 Å². The van der Waals surface area contributed by atoms with Crippen LogP contribution in [-0.2, 0) is 13.0 Å². The molecule has 0 aliphatic rings. The van der Waals surface area contributed by atoms with Crippen molar-refractivity contribution in [1.29, 1.82) is 0 Å². The molecule has 0 saturated heterocycles. The highest BCUT2D eigenvalue weighted by Gasteiger charge is 2.15. The van der Waals surface area contributed by atoms with Crippen LogP contribution in [0.3, 0.4) is 0 Å². The van der Waals surface area contributed by atoms with Crippen LogP contribution in [0.2, 0.25) is 0 Å². The van der Waals surface area contributed by atoms with Crippen molar-refractivity contribution < 1.29 is 19.0 Å². The molecule has 0 aliphatic carbocycles. The second-order valence-corrected chi connectivity index (χ2v) is 8.94. The molecule has 0 bridgehead atoms. The van der Waals surface area contributed by atoms with Crippen LogP contribution in [-0.4, -0.2) is 39.3 Å². The lowest BCUT2D eigenvalue weighted by atomic mass is 9.95. The number of ether oxygens (including phenoxy) is 1. The van der Waals surface area contributed by atoms with Gasteiger partial charge in [0.25, 0.3) is 0 Å². The van der Waals surface area contributed by atoms with Crippen molar-refractivity contribution in [1.82, 2.24) is 14.5 Å². The molecule has 35 heavy (non-hydrogen) atoms. The minimum Gasteiger partial charge on any atom is -0.496 e. The van der Waals surface area contributed by atoms with Crippen LogP contribution in [0.25, 0.3) is 22.2 Å². The van der Waals surface area contributed by atoms with E-state index >= 15 is 0 Å². The number of fused-ring (bicyclic) bond motifs is 1. The zero-order chi connectivity index (χ0) is 25.1. The van der Waals surface area contributed by atoms with E-state index in [2.05, 4.69) is 29.1 Å². The minimum absolute atomic E-state index is 0.291. The molecule has 2 heterocycles. The predicted molar refractivity (Wildman–Crippen MR) is 135 cm³/mol. The molecule has 0 amide bonds. The number of carboxylic acid groups (broad SMARTS) is 1. The van der Waals surface area contributed by atoms with E-state index in [-0.39, 0.29) is 5.82 Å². The van der Waals surface area contributed by atoms with Gasteiger partial charge in [-0.3, -0.25) is 0 Å². The number of nitrogens with zero attached hydrogens (tertiary/aromatic N) is 3. The van der Waals surface area contributed by atoms with Crippen molar-refractivity contribution in [3.63, 3.8) is 0 Å². The highest BCUT2D eigenvalue weighted by molar-refractivity contribution is 5.90. The summed E-state index contributed by atoms with van der Waals surface area (Å²) in [5, 5.41) is 13.6. The standard InChI is InChI=1S/C27H29FN4O3/c1-16(2)11-19-13-18(5-6-20(19)27(33)34)23-14-25(31-15-30-23)29-9-10-32-17(3)12-21-24(35-4)8-7-22(28)26(21)32/h5-8,12-16H,9-11H2,1-4H3,(H,33,34)(H,29,30,31). The summed E-state index contributed by atoms with van der Waals surface area (Å²) in [5.41, 5.74) is 4.08. The van der Waals surface area contributed by atoms with Crippen molar-refractivity contribution in [2.75, 3.05) is 19.0 Å². The molecule has 7 nitrogen and oxygen atoms in total. The first kappa shape index (κ1) is 24.2. The Balaban J connectivity index is 1.54. The van der Waals surface area contributed by atoms with Crippen LogP contribution in [0, 0.1) is 18.7 Å². The van der Waals surface area contributed by atoms with E-state index in [1.165, 1.54) is 12.4 Å². The van der Waals surface area contributed by atoms with E-state index in [4.69, 9.17) is 4.74 Å². The second-order valence-electron chi connectivity index (χ2n) is 8.94. The van der Waals surface area contributed by atoms with Gasteiger partial charge in [0.1, 0.15) is 23.7 Å². The first-order valence-electron chi connectivity index (χ1n) is 11.5. The van der Waals surface area contributed by atoms with Crippen LogP contribution in [0.1, 0.15) is 35.5 Å². The first-order chi connectivity index (χ1) is 16.8. The maximum atomic E-state index is 14.6. The zero-order valence-electron chi connectivity index (χ0n) is 20.3. The zero-order valence-corrected chi connectivity index (χ0v) is 20.3. The number of benzene rings is 2. The Morgan fingerprint density at radius 3 is 2.69 bits per heavy atom. The number of carbonyl (C=O) groups is 1. The van der Waals surface area contributed by atoms with Crippen molar-refractivity contribution in [3.05, 3.63) is 71.4 Å². The molecule has 0 unspecified atom stereocenters. The van der Waals surface area contributed by atoms with Gasteiger partial charge in [0.2, 0.25) is 0 Å². The number of methoxy groups -OCH3 is 1. The molecule has 4 aromatic rings. The molecule has 0 spiro atoms. The van der Waals surface area contributed by atoms with Crippen molar-refractivity contribution in [3.8, 4) is 17.0 Å². The fourth-order valence-electron chi connectivity index (χ4n) is 4.38. The van der Waals surface area contributed by atoms with Gasteiger partial charge in [-0.1, -0.05) is 19.9 Å². The summed E-state index contributed by atoms with van der Waals surface area (Å²) in [7, 11) is 1.58. The lowest BCUT2D eigenvalue weighted by molar-refractivity contribution is 0.0695. The molecule has 0 saturated carbocycles. The number of halogens is 1. The molecule has 0 aliphatic heterocycles. The summed E-state index contributed by atoms with van der Waals surface area (Å²) in [4.78, 5) is 20.3. The highest BCUT2D eigenvalue weighted by Crippen LogP contribution is 2.31. The lowest BCUT2D eigenvalue weighted by Gasteiger charge is -2.13. The smallest absolute Gasteiger partial charge is 0.335 e. The van der Waals surface area contributed by atoms with E-state index in [1.807, 2.05) is 29.7 Å². The Bertz CT molecular complexity index is 1380. The van der Waals surface area contributed by atoms with E-state index in [0.717, 1.165) is 22.2 Å². The van der Waals surface area contributed by atoms with Gasteiger partial charge in [-0.15, -0.1) is 0 Å². The molecule has 4 rings (SSSR count).